The highest BCUT2D eigenvalue weighted by Gasteiger charge is 2.39. The third-order valence-electron chi connectivity index (χ3n) is 7.06. The van der Waals surface area contributed by atoms with Crippen molar-refractivity contribution >= 4 is 22.8 Å². The molecule has 3 aromatic rings. The zero-order valence-electron chi connectivity index (χ0n) is 19.7. The molecule has 0 bridgehead atoms. The number of aliphatic carboxylic acids is 1. The molecule has 0 saturated carbocycles. The summed E-state index contributed by atoms with van der Waals surface area (Å²) in [6.07, 6.45) is 6.84. The lowest BCUT2D eigenvalue weighted by molar-refractivity contribution is -0.137. The minimum Gasteiger partial charge on any atom is -0.480 e. The van der Waals surface area contributed by atoms with Crippen LogP contribution >= 0.6 is 0 Å². The lowest BCUT2D eigenvalue weighted by atomic mass is 9.73. The normalized spacial score (nSPS) is 17.6. The van der Waals surface area contributed by atoms with Crippen LogP contribution in [0, 0.1) is 5.41 Å². The van der Waals surface area contributed by atoms with Crippen LogP contribution in [0.1, 0.15) is 61.9 Å². The molecule has 2 aromatic carbocycles. The number of carboxylic acids is 1. The van der Waals surface area contributed by atoms with Crippen molar-refractivity contribution in [3.63, 3.8) is 0 Å². The molecule has 2 N–H and O–H groups in total. The summed E-state index contributed by atoms with van der Waals surface area (Å²) in [5, 5.41) is 13.6. The number of carboxylic acid groups (broad SMARTS) is 1. The molecule has 1 aliphatic rings. The third-order valence-corrected chi connectivity index (χ3v) is 7.06. The first-order chi connectivity index (χ1) is 15.9. The van der Waals surface area contributed by atoms with Crippen molar-refractivity contribution in [3.05, 3.63) is 70.9 Å². The van der Waals surface area contributed by atoms with Crippen LogP contribution in [0.4, 0.5) is 0 Å². The number of aromatic nitrogens is 1. The molecule has 33 heavy (non-hydrogen) atoms. The largest absolute Gasteiger partial charge is 0.480 e. The predicted molar refractivity (Wildman–Crippen MR) is 131 cm³/mol. The number of aryl methyl sites for hydroxylation is 1. The molecular weight excluding hydrogens is 412 g/mol. The number of carbonyl (C=O) groups excluding carboxylic acids is 1. The lowest BCUT2D eigenvalue weighted by Gasteiger charge is -2.33. The van der Waals surface area contributed by atoms with Gasteiger partial charge < -0.3 is 15.0 Å². The van der Waals surface area contributed by atoms with Gasteiger partial charge in [-0.25, -0.2) is 0 Å². The monoisotopic (exact) mass is 446 g/mol. The van der Waals surface area contributed by atoms with Crippen molar-refractivity contribution in [1.29, 1.82) is 0 Å². The van der Waals surface area contributed by atoms with E-state index in [2.05, 4.69) is 36.5 Å². The quantitative estimate of drug-likeness (QED) is 0.440. The number of nitrogens with one attached hydrogen (secondary N) is 1. The summed E-state index contributed by atoms with van der Waals surface area (Å²) < 4.78 is 1.91. The molecule has 0 fully saturated rings. The van der Waals surface area contributed by atoms with Crippen LogP contribution in [-0.4, -0.2) is 21.6 Å². The van der Waals surface area contributed by atoms with Crippen molar-refractivity contribution in [1.82, 2.24) is 9.88 Å². The molecule has 1 aromatic heterocycles. The van der Waals surface area contributed by atoms with E-state index >= 15 is 0 Å². The fourth-order valence-corrected chi connectivity index (χ4v) is 5.09. The number of unbranched alkanes of at least 4 members (excludes halogenated alkanes) is 2. The van der Waals surface area contributed by atoms with E-state index in [1.807, 2.05) is 35.8 Å². The molecule has 0 radical (unpaired) electrons. The molecule has 174 valence electrons. The minimum atomic E-state index is -0.846. The number of hydrogen-bond acceptors (Lipinski definition) is 2. The topological polar surface area (TPSA) is 71.3 Å². The first-order valence-electron chi connectivity index (χ1n) is 12.1. The maximum absolute atomic E-state index is 13.3. The summed E-state index contributed by atoms with van der Waals surface area (Å²) in [6, 6.07) is 16.5. The van der Waals surface area contributed by atoms with Gasteiger partial charge in [0, 0.05) is 23.1 Å². The minimum absolute atomic E-state index is 0.0484. The highest BCUT2D eigenvalue weighted by atomic mass is 16.4. The van der Waals surface area contributed by atoms with Gasteiger partial charge in [-0.1, -0.05) is 69.2 Å². The Labute approximate surface area is 195 Å². The maximum Gasteiger partial charge on any atom is 0.323 e. The Morgan fingerprint density at radius 1 is 1.06 bits per heavy atom. The van der Waals surface area contributed by atoms with E-state index in [4.69, 9.17) is 0 Å². The number of fused-ring (bicyclic) bond motifs is 3. The van der Waals surface area contributed by atoms with Gasteiger partial charge in [0.05, 0.1) is 5.41 Å². The highest BCUT2D eigenvalue weighted by Crippen LogP contribution is 2.40. The third kappa shape index (κ3) is 4.97. The average Bonchev–Trinajstić information content (AvgIpc) is 3.10. The molecule has 5 nitrogen and oxygen atoms in total. The van der Waals surface area contributed by atoms with Gasteiger partial charge in [0.25, 0.3) is 0 Å². The second-order valence-corrected chi connectivity index (χ2v) is 9.62. The summed E-state index contributed by atoms with van der Waals surface area (Å²) >= 11 is 0. The summed E-state index contributed by atoms with van der Waals surface area (Å²) in [5.74, 6) is -0.781. The van der Waals surface area contributed by atoms with Crippen molar-refractivity contribution in [2.24, 2.45) is 5.41 Å². The molecule has 0 spiro atoms. The van der Waals surface area contributed by atoms with E-state index in [-0.39, 0.29) is 12.5 Å². The van der Waals surface area contributed by atoms with Crippen LogP contribution in [0.2, 0.25) is 0 Å². The highest BCUT2D eigenvalue weighted by molar-refractivity contribution is 5.89. The molecule has 1 amide bonds. The van der Waals surface area contributed by atoms with Gasteiger partial charge in [-0.2, -0.15) is 0 Å². The number of benzene rings is 2. The number of amides is 1. The van der Waals surface area contributed by atoms with Crippen LogP contribution in [-0.2, 0) is 41.9 Å². The summed E-state index contributed by atoms with van der Waals surface area (Å²) in [5.41, 5.74) is 5.07. The van der Waals surface area contributed by atoms with Crippen molar-refractivity contribution in [2.75, 3.05) is 0 Å². The second kappa shape index (κ2) is 9.82. The maximum atomic E-state index is 13.3. The van der Waals surface area contributed by atoms with Crippen molar-refractivity contribution < 1.29 is 14.7 Å². The van der Waals surface area contributed by atoms with Gasteiger partial charge in [0.1, 0.15) is 6.54 Å². The summed E-state index contributed by atoms with van der Waals surface area (Å²) in [6.45, 7) is 4.73. The van der Waals surface area contributed by atoms with Crippen LogP contribution in [0.25, 0.3) is 10.9 Å². The lowest BCUT2D eigenvalue weighted by Crippen LogP contribution is -2.42. The number of nitrogens with zero attached hydrogens (tertiary/aromatic N) is 1. The van der Waals surface area contributed by atoms with Gasteiger partial charge >= 0.3 is 5.97 Å². The van der Waals surface area contributed by atoms with Crippen molar-refractivity contribution in [3.8, 4) is 0 Å². The van der Waals surface area contributed by atoms with Crippen LogP contribution in [0.3, 0.4) is 0 Å². The first kappa shape index (κ1) is 23.1. The Bertz CT molecular complexity index is 1150. The second-order valence-electron chi connectivity index (χ2n) is 9.62. The van der Waals surface area contributed by atoms with Gasteiger partial charge in [-0.05, 0) is 54.9 Å². The molecule has 4 rings (SSSR count). The standard InChI is InChI=1S/C28H34N2O3/c1-3-4-5-8-20-11-13-21(14-12-20)18-29-27(33)28(2)16-15-25-23(17-28)22-9-6-7-10-24(22)30(25)19-26(31)32/h6-7,9-14H,3-5,8,15-19H2,1-2H3,(H,29,33)(H,31,32). The Morgan fingerprint density at radius 2 is 1.79 bits per heavy atom. The molecule has 1 atom stereocenters. The molecule has 5 heteroatoms. The van der Waals surface area contributed by atoms with E-state index in [1.165, 1.54) is 24.8 Å². The van der Waals surface area contributed by atoms with Gasteiger partial charge in [0.15, 0.2) is 0 Å². The summed E-state index contributed by atoms with van der Waals surface area (Å²) in [7, 11) is 0. The number of carbonyl (C=O) groups is 2. The molecule has 1 unspecified atom stereocenters. The van der Waals surface area contributed by atoms with E-state index in [0.717, 1.165) is 34.1 Å². The average molecular weight is 447 g/mol. The molecule has 1 heterocycles. The number of hydrogen-bond donors (Lipinski definition) is 2. The van der Waals surface area contributed by atoms with Crippen LogP contribution < -0.4 is 5.32 Å². The Kier molecular flexibility index (Phi) is 6.87. The first-order valence-corrected chi connectivity index (χ1v) is 12.1. The van der Waals surface area contributed by atoms with Gasteiger partial charge in [0.2, 0.25) is 5.91 Å². The Hall–Kier alpha value is -3.08. The molecule has 0 aliphatic heterocycles. The molecule has 0 saturated heterocycles. The smallest absolute Gasteiger partial charge is 0.323 e. The number of para-hydroxylation sites is 1. The van der Waals surface area contributed by atoms with E-state index in [0.29, 0.717) is 25.8 Å². The molecule has 1 aliphatic carbocycles. The van der Waals surface area contributed by atoms with E-state index in [9.17, 15) is 14.7 Å². The van der Waals surface area contributed by atoms with Gasteiger partial charge in [-0.3, -0.25) is 9.59 Å². The zero-order chi connectivity index (χ0) is 23.4. The fourth-order valence-electron chi connectivity index (χ4n) is 5.09. The SMILES string of the molecule is CCCCCc1ccc(CNC(=O)C2(C)CCc3c(c4ccccc4n3CC(=O)O)C2)cc1. The fraction of sp³-hybridized carbons (Fsp3) is 0.429. The predicted octanol–water partition coefficient (Wildman–Crippen LogP) is 5.27. The van der Waals surface area contributed by atoms with E-state index < -0.39 is 11.4 Å². The zero-order valence-corrected chi connectivity index (χ0v) is 19.7. The van der Waals surface area contributed by atoms with E-state index in [1.54, 1.807) is 0 Å². The van der Waals surface area contributed by atoms with Gasteiger partial charge in [-0.15, -0.1) is 0 Å². The van der Waals surface area contributed by atoms with Crippen molar-refractivity contribution in [2.45, 2.75) is 71.9 Å². The Morgan fingerprint density at radius 3 is 2.52 bits per heavy atom. The van der Waals surface area contributed by atoms with Crippen LogP contribution in [0.5, 0.6) is 0 Å². The number of rotatable bonds is 9. The van der Waals surface area contributed by atoms with Crippen LogP contribution in [0.15, 0.2) is 48.5 Å². The Balaban J connectivity index is 1.45. The molecular formula is C28H34N2O3. The summed E-state index contributed by atoms with van der Waals surface area (Å²) in [4.78, 5) is 24.7.